The fraction of sp³-hybridized carbons (Fsp3) is 0.0536. The monoisotopic (exact) mass is 794 g/mol. The molecule has 0 bridgehead atoms. The molecule has 2 heterocycles. The first kappa shape index (κ1) is 37.8. The van der Waals surface area contributed by atoms with Crippen LogP contribution in [0, 0.1) is 43.4 Å². The standard InChI is InChI=1S/C56H38N6/c1-35-28-36(2)52(37(3)29-35)44-26-27-51-49(30-44)46-16-10-11-17-50(46)62(51)53-47(40-22-18-38(33-57)19-23-40)31-45(32-48(53)41-24-20-39(34-58)21-25-41)56-60-54(42-12-6-4-7-13-42)59-55(61-56)43-14-8-5-9-15-43/h4-32H,1-3H3. The Kier molecular flexibility index (Phi) is 9.52. The average molecular weight is 795 g/mol. The molecule has 10 rings (SSSR count). The predicted molar refractivity (Wildman–Crippen MR) is 250 cm³/mol. The third-order valence-corrected chi connectivity index (χ3v) is 11.6. The topological polar surface area (TPSA) is 91.2 Å². The van der Waals surface area contributed by atoms with Gasteiger partial charge in [0.1, 0.15) is 0 Å². The molecule has 0 unspecified atom stereocenters. The number of nitriles is 2. The van der Waals surface area contributed by atoms with Crippen molar-refractivity contribution in [3.05, 3.63) is 204 Å². The number of hydrogen-bond donors (Lipinski definition) is 0. The Labute approximate surface area is 360 Å². The zero-order valence-electron chi connectivity index (χ0n) is 34.4. The van der Waals surface area contributed by atoms with E-state index in [9.17, 15) is 10.5 Å². The van der Waals surface area contributed by atoms with E-state index in [0.29, 0.717) is 28.6 Å². The van der Waals surface area contributed by atoms with E-state index < -0.39 is 0 Å². The first-order chi connectivity index (χ1) is 30.4. The number of rotatable bonds is 7. The van der Waals surface area contributed by atoms with E-state index in [1.54, 1.807) is 0 Å². The number of nitrogens with zero attached hydrogens (tertiary/aromatic N) is 6. The summed E-state index contributed by atoms with van der Waals surface area (Å²) in [5.41, 5.74) is 16.6. The van der Waals surface area contributed by atoms with E-state index in [0.717, 1.165) is 66.4 Å². The van der Waals surface area contributed by atoms with Gasteiger partial charge in [-0.05, 0) is 109 Å². The van der Waals surface area contributed by atoms with Gasteiger partial charge in [-0.1, -0.05) is 127 Å². The molecule has 0 N–H and O–H groups in total. The van der Waals surface area contributed by atoms with Crippen LogP contribution in [0.2, 0.25) is 0 Å². The number of para-hydroxylation sites is 1. The molecule has 0 aliphatic heterocycles. The van der Waals surface area contributed by atoms with Crippen molar-refractivity contribution >= 4 is 21.8 Å². The highest BCUT2D eigenvalue weighted by Crippen LogP contribution is 2.45. The minimum atomic E-state index is 0.518. The molecule has 10 aromatic rings. The fourth-order valence-corrected chi connectivity index (χ4v) is 8.84. The normalized spacial score (nSPS) is 11.1. The zero-order valence-corrected chi connectivity index (χ0v) is 34.4. The summed E-state index contributed by atoms with van der Waals surface area (Å²) in [7, 11) is 0. The SMILES string of the molecule is Cc1cc(C)c(-c2ccc3c(c2)c2ccccc2n3-c2c(-c3ccc(C#N)cc3)cc(-c3nc(-c4ccccc4)nc(-c4ccccc4)n3)cc2-c2ccc(C#N)cc2)c(C)c1. The van der Waals surface area contributed by atoms with E-state index in [-0.39, 0.29) is 0 Å². The number of hydrogen-bond acceptors (Lipinski definition) is 5. The summed E-state index contributed by atoms with van der Waals surface area (Å²) in [5.74, 6) is 1.65. The molecule has 0 radical (unpaired) electrons. The lowest BCUT2D eigenvalue weighted by Gasteiger charge is -2.21. The smallest absolute Gasteiger partial charge is 0.164 e. The van der Waals surface area contributed by atoms with E-state index in [1.165, 1.54) is 27.8 Å². The summed E-state index contributed by atoms with van der Waals surface area (Å²) in [6.45, 7) is 6.53. The Morgan fingerprint density at radius 3 is 1.37 bits per heavy atom. The van der Waals surface area contributed by atoms with Gasteiger partial charge in [-0.2, -0.15) is 10.5 Å². The van der Waals surface area contributed by atoms with Crippen LogP contribution in [0.25, 0.3) is 95.0 Å². The Balaban J connectivity index is 1.31. The highest BCUT2D eigenvalue weighted by Gasteiger charge is 2.24. The molecular formula is C56H38N6. The number of aromatic nitrogens is 4. The Morgan fingerprint density at radius 2 is 0.855 bits per heavy atom. The summed E-state index contributed by atoms with van der Waals surface area (Å²) in [6.07, 6.45) is 0. The molecule has 0 saturated heterocycles. The van der Waals surface area contributed by atoms with Gasteiger partial charge in [0.05, 0.1) is 40.0 Å². The summed E-state index contributed by atoms with van der Waals surface area (Å²) in [6, 6.07) is 64.2. The van der Waals surface area contributed by atoms with E-state index in [1.807, 2.05) is 109 Å². The lowest BCUT2D eigenvalue weighted by atomic mass is 9.91. The van der Waals surface area contributed by atoms with Gasteiger partial charge in [0.25, 0.3) is 0 Å². The second kappa shape index (κ2) is 15.6. The largest absolute Gasteiger partial charge is 0.308 e. The molecule has 0 fully saturated rings. The molecule has 6 heteroatoms. The fourth-order valence-electron chi connectivity index (χ4n) is 8.84. The Hall–Kier alpha value is -8.45. The molecular weight excluding hydrogens is 757 g/mol. The minimum absolute atomic E-state index is 0.518. The van der Waals surface area contributed by atoms with E-state index in [2.05, 4.69) is 104 Å². The van der Waals surface area contributed by atoms with Crippen molar-refractivity contribution in [1.82, 2.24) is 19.5 Å². The van der Waals surface area contributed by atoms with Gasteiger partial charge in [-0.15, -0.1) is 0 Å². The highest BCUT2D eigenvalue weighted by molar-refractivity contribution is 6.12. The Bertz CT molecular complexity index is 3270. The van der Waals surface area contributed by atoms with Crippen molar-refractivity contribution in [3.8, 4) is 85.4 Å². The summed E-state index contributed by atoms with van der Waals surface area (Å²) in [4.78, 5) is 15.3. The van der Waals surface area contributed by atoms with Crippen LogP contribution in [-0.2, 0) is 0 Å². The number of aryl methyl sites for hydroxylation is 3. The predicted octanol–water partition coefficient (Wildman–Crippen LogP) is 13.6. The van der Waals surface area contributed by atoms with Crippen molar-refractivity contribution in [2.75, 3.05) is 0 Å². The molecule has 292 valence electrons. The first-order valence-corrected chi connectivity index (χ1v) is 20.5. The molecule has 0 spiro atoms. The van der Waals surface area contributed by atoms with Crippen molar-refractivity contribution in [2.45, 2.75) is 20.8 Å². The Morgan fingerprint density at radius 1 is 0.403 bits per heavy atom. The molecule has 0 aliphatic rings. The van der Waals surface area contributed by atoms with Crippen LogP contribution in [0.3, 0.4) is 0 Å². The molecule has 0 atom stereocenters. The van der Waals surface area contributed by atoms with Crippen molar-refractivity contribution in [3.63, 3.8) is 0 Å². The van der Waals surface area contributed by atoms with Crippen molar-refractivity contribution in [1.29, 1.82) is 10.5 Å². The molecule has 62 heavy (non-hydrogen) atoms. The third-order valence-electron chi connectivity index (χ3n) is 11.6. The maximum Gasteiger partial charge on any atom is 0.164 e. The van der Waals surface area contributed by atoms with Crippen LogP contribution >= 0.6 is 0 Å². The molecule has 6 nitrogen and oxygen atoms in total. The van der Waals surface area contributed by atoms with Crippen molar-refractivity contribution in [2.24, 2.45) is 0 Å². The van der Waals surface area contributed by atoms with Gasteiger partial charge < -0.3 is 4.57 Å². The van der Waals surface area contributed by atoms with Gasteiger partial charge in [-0.3, -0.25) is 0 Å². The van der Waals surface area contributed by atoms with E-state index >= 15 is 0 Å². The summed E-state index contributed by atoms with van der Waals surface area (Å²) in [5, 5.41) is 22.0. The van der Waals surface area contributed by atoms with Crippen LogP contribution in [0.15, 0.2) is 176 Å². The van der Waals surface area contributed by atoms with Gasteiger partial charge in [-0.25, -0.2) is 15.0 Å². The van der Waals surface area contributed by atoms with Crippen LogP contribution in [0.4, 0.5) is 0 Å². The van der Waals surface area contributed by atoms with E-state index in [4.69, 9.17) is 15.0 Å². The molecule has 0 amide bonds. The molecule has 0 saturated carbocycles. The second-order valence-corrected chi connectivity index (χ2v) is 15.7. The number of fused-ring (bicyclic) bond motifs is 3. The minimum Gasteiger partial charge on any atom is -0.308 e. The first-order valence-electron chi connectivity index (χ1n) is 20.5. The highest BCUT2D eigenvalue weighted by atomic mass is 15.0. The summed E-state index contributed by atoms with van der Waals surface area (Å²) >= 11 is 0. The molecule has 2 aromatic heterocycles. The van der Waals surface area contributed by atoms with Crippen LogP contribution in [0.1, 0.15) is 27.8 Å². The van der Waals surface area contributed by atoms with Gasteiger partial charge in [0, 0.05) is 38.6 Å². The van der Waals surface area contributed by atoms with Crippen LogP contribution in [0.5, 0.6) is 0 Å². The zero-order chi connectivity index (χ0) is 42.3. The van der Waals surface area contributed by atoms with Gasteiger partial charge >= 0.3 is 0 Å². The van der Waals surface area contributed by atoms with Crippen LogP contribution in [-0.4, -0.2) is 19.5 Å². The van der Waals surface area contributed by atoms with Gasteiger partial charge in [0.2, 0.25) is 0 Å². The summed E-state index contributed by atoms with van der Waals surface area (Å²) < 4.78 is 2.37. The average Bonchev–Trinajstić information content (AvgIpc) is 3.64. The quantitative estimate of drug-likeness (QED) is 0.160. The third kappa shape index (κ3) is 6.76. The van der Waals surface area contributed by atoms with Crippen LogP contribution < -0.4 is 0 Å². The van der Waals surface area contributed by atoms with Gasteiger partial charge in [0.15, 0.2) is 17.5 Å². The van der Waals surface area contributed by atoms with Crippen molar-refractivity contribution < 1.29 is 0 Å². The maximum atomic E-state index is 9.86. The molecule has 8 aromatic carbocycles. The second-order valence-electron chi connectivity index (χ2n) is 15.7. The lowest BCUT2D eigenvalue weighted by molar-refractivity contribution is 1.07. The maximum absolute atomic E-state index is 9.86. The lowest BCUT2D eigenvalue weighted by Crippen LogP contribution is -2.04. The molecule has 0 aliphatic carbocycles. The number of benzene rings is 8.